The number of amides is 2. The fourth-order valence-corrected chi connectivity index (χ4v) is 3.73. The molecule has 0 bridgehead atoms. The Balaban J connectivity index is 1.61. The van der Waals surface area contributed by atoms with Gasteiger partial charge in [0, 0.05) is 39.1 Å². The molecule has 1 saturated carbocycles. The van der Waals surface area contributed by atoms with Crippen molar-refractivity contribution in [3.05, 3.63) is 0 Å². The number of hydrogen-bond acceptors (Lipinski definition) is 3. The molecule has 2 amide bonds. The molecule has 1 heterocycles. The van der Waals surface area contributed by atoms with Crippen LogP contribution in [0.4, 0.5) is 0 Å². The summed E-state index contributed by atoms with van der Waals surface area (Å²) in [5, 5.41) is 3.04. The van der Waals surface area contributed by atoms with Gasteiger partial charge in [-0.1, -0.05) is 32.1 Å². The molecule has 1 aliphatic heterocycles. The molecule has 0 aromatic carbocycles. The summed E-state index contributed by atoms with van der Waals surface area (Å²) in [7, 11) is 1.60. The highest BCUT2D eigenvalue weighted by molar-refractivity contribution is 5.77. The first kappa shape index (κ1) is 18.2. The summed E-state index contributed by atoms with van der Waals surface area (Å²) in [6.07, 6.45) is 10.6. The third-order valence-corrected chi connectivity index (χ3v) is 5.24. The predicted octanol–water partition coefficient (Wildman–Crippen LogP) is 2.49. The largest absolute Gasteiger partial charge is 0.384 e. The summed E-state index contributed by atoms with van der Waals surface area (Å²) >= 11 is 0. The second kappa shape index (κ2) is 9.91. The van der Waals surface area contributed by atoms with E-state index in [1.165, 1.54) is 32.1 Å². The lowest BCUT2D eigenvalue weighted by molar-refractivity contribution is -0.132. The van der Waals surface area contributed by atoms with Crippen LogP contribution in [0.2, 0.25) is 0 Å². The van der Waals surface area contributed by atoms with Crippen molar-refractivity contribution < 1.29 is 14.3 Å². The lowest BCUT2D eigenvalue weighted by Crippen LogP contribution is -2.46. The van der Waals surface area contributed by atoms with Crippen LogP contribution in [0.15, 0.2) is 0 Å². The van der Waals surface area contributed by atoms with Crippen LogP contribution in [0, 0.1) is 5.92 Å². The number of nitrogens with one attached hydrogen (secondary N) is 1. The molecular weight excluding hydrogens is 292 g/mol. The predicted molar refractivity (Wildman–Crippen MR) is 90.0 cm³/mol. The highest BCUT2D eigenvalue weighted by atomic mass is 16.5. The molecule has 0 aromatic heterocycles. The number of rotatable bonds is 7. The molecule has 0 radical (unpaired) electrons. The maximum absolute atomic E-state index is 12.3. The second-order valence-electron chi connectivity index (χ2n) is 7.01. The molecule has 2 fully saturated rings. The number of nitrogens with zero attached hydrogens (tertiary/aromatic N) is 1. The summed E-state index contributed by atoms with van der Waals surface area (Å²) in [4.78, 5) is 26.0. The summed E-state index contributed by atoms with van der Waals surface area (Å²) in [5.74, 6) is 1.12. The van der Waals surface area contributed by atoms with Crippen LogP contribution in [0.25, 0.3) is 0 Å². The Labute approximate surface area is 140 Å². The summed E-state index contributed by atoms with van der Waals surface area (Å²) in [6.45, 7) is 2.02. The van der Waals surface area contributed by atoms with Crippen LogP contribution in [0.5, 0.6) is 0 Å². The molecule has 23 heavy (non-hydrogen) atoms. The van der Waals surface area contributed by atoms with E-state index in [9.17, 15) is 9.59 Å². The minimum atomic E-state index is 0.0499. The number of carbonyl (C=O) groups excluding carboxylic acids is 2. The highest BCUT2D eigenvalue weighted by Gasteiger charge is 2.24. The van der Waals surface area contributed by atoms with Gasteiger partial charge in [-0.25, -0.2) is 0 Å². The van der Waals surface area contributed by atoms with Crippen LogP contribution < -0.4 is 5.32 Å². The Bertz CT molecular complexity index is 372. The van der Waals surface area contributed by atoms with Gasteiger partial charge in [0.2, 0.25) is 11.8 Å². The van der Waals surface area contributed by atoms with Crippen molar-refractivity contribution in [1.82, 2.24) is 10.2 Å². The average molecular weight is 324 g/mol. The standard InChI is InChI=1S/C18H32N2O3/c1-23-14-11-17(21)19-16-9-12-20(13-10-16)18(22)8-7-15-5-3-2-4-6-15/h15-16H,2-14H2,1H3,(H,19,21). The number of piperidine rings is 1. The van der Waals surface area contributed by atoms with Gasteiger partial charge in [-0.05, 0) is 25.2 Å². The van der Waals surface area contributed by atoms with E-state index in [0.717, 1.165) is 38.3 Å². The molecule has 2 aliphatic rings. The van der Waals surface area contributed by atoms with E-state index in [-0.39, 0.29) is 11.9 Å². The van der Waals surface area contributed by atoms with Crippen LogP contribution in [-0.2, 0) is 14.3 Å². The lowest BCUT2D eigenvalue weighted by Gasteiger charge is -2.33. The minimum Gasteiger partial charge on any atom is -0.384 e. The molecule has 0 aromatic rings. The second-order valence-corrected chi connectivity index (χ2v) is 7.01. The Kier molecular flexibility index (Phi) is 7.86. The molecule has 2 rings (SSSR count). The van der Waals surface area contributed by atoms with Crippen molar-refractivity contribution in [1.29, 1.82) is 0 Å². The zero-order chi connectivity index (χ0) is 16.5. The van der Waals surface area contributed by atoms with Crippen molar-refractivity contribution in [2.75, 3.05) is 26.8 Å². The van der Waals surface area contributed by atoms with Crippen LogP contribution in [-0.4, -0.2) is 49.6 Å². The summed E-state index contributed by atoms with van der Waals surface area (Å²) in [5.41, 5.74) is 0. The Morgan fingerprint density at radius 1 is 1.04 bits per heavy atom. The first-order valence-electron chi connectivity index (χ1n) is 9.25. The van der Waals surface area contributed by atoms with E-state index in [4.69, 9.17) is 4.74 Å². The van der Waals surface area contributed by atoms with Gasteiger partial charge in [-0.15, -0.1) is 0 Å². The van der Waals surface area contributed by atoms with Gasteiger partial charge in [0.25, 0.3) is 0 Å². The molecule has 1 N–H and O–H groups in total. The molecule has 1 saturated heterocycles. The molecule has 0 unspecified atom stereocenters. The lowest BCUT2D eigenvalue weighted by atomic mass is 9.86. The molecule has 5 nitrogen and oxygen atoms in total. The van der Waals surface area contributed by atoms with Crippen molar-refractivity contribution in [2.24, 2.45) is 5.92 Å². The SMILES string of the molecule is COCCC(=O)NC1CCN(C(=O)CCC2CCCCC2)CC1. The topological polar surface area (TPSA) is 58.6 Å². The van der Waals surface area contributed by atoms with Crippen molar-refractivity contribution in [3.8, 4) is 0 Å². The molecule has 0 spiro atoms. The fraction of sp³-hybridized carbons (Fsp3) is 0.889. The van der Waals surface area contributed by atoms with E-state index in [0.29, 0.717) is 25.4 Å². The monoisotopic (exact) mass is 324 g/mol. The van der Waals surface area contributed by atoms with Crippen LogP contribution in [0.3, 0.4) is 0 Å². The first-order chi connectivity index (χ1) is 11.2. The van der Waals surface area contributed by atoms with Gasteiger partial charge in [0.05, 0.1) is 6.61 Å². The molecule has 5 heteroatoms. The maximum Gasteiger partial charge on any atom is 0.222 e. The van der Waals surface area contributed by atoms with E-state index >= 15 is 0 Å². The maximum atomic E-state index is 12.3. The van der Waals surface area contributed by atoms with Gasteiger partial charge in [-0.3, -0.25) is 9.59 Å². The molecule has 0 atom stereocenters. The fourth-order valence-electron chi connectivity index (χ4n) is 3.73. The summed E-state index contributed by atoms with van der Waals surface area (Å²) in [6, 6.07) is 0.210. The number of carbonyl (C=O) groups is 2. The first-order valence-corrected chi connectivity index (χ1v) is 9.25. The van der Waals surface area contributed by atoms with Gasteiger partial charge < -0.3 is 15.0 Å². The van der Waals surface area contributed by atoms with E-state index in [2.05, 4.69) is 5.32 Å². The van der Waals surface area contributed by atoms with E-state index < -0.39 is 0 Å². The van der Waals surface area contributed by atoms with Crippen LogP contribution >= 0.6 is 0 Å². The third kappa shape index (κ3) is 6.50. The zero-order valence-corrected chi connectivity index (χ0v) is 14.5. The smallest absolute Gasteiger partial charge is 0.222 e. The number of ether oxygens (including phenoxy) is 1. The highest BCUT2D eigenvalue weighted by Crippen LogP contribution is 2.27. The summed E-state index contributed by atoms with van der Waals surface area (Å²) < 4.78 is 4.91. The Morgan fingerprint density at radius 3 is 2.39 bits per heavy atom. The number of hydrogen-bond donors (Lipinski definition) is 1. The van der Waals surface area contributed by atoms with E-state index in [1.54, 1.807) is 7.11 Å². The molecule has 1 aliphatic carbocycles. The van der Waals surface area contributed by atoms with Gasteiger partial charge in [0.15, 0.2) is 0 Å². The van der Waals surface area contributed by atoms with Crippen molar-refractivity contribution >= 4 is 11.8 Å². The minimum absolute atomic E-state index is 0.0499. The molecule has 132 valence electrons. The third-order valence-electron chi connectivity index (χ3n) is 5.24. The van der Waals surface area contributed by atoms with Crippen molar-refractivity contribution in [3.63, 3.8) is 0 Å². The van der Waals surface area contributed by atoms with E-state index in [1.807, 2.05) is 4.90 Å². The van der Waals surface area contributed by atoms with Gasteiger partial charge in [0.1, 0.15) is 0 Å². The zero-order valence-electron chi connectivity index (χ0n) is 14.5. The van der Waals surface area contributed by atoms with Gasteiger partial charge in [-0.2, -0.15) is 0 Å². The van der Waals surface area contributed by atoms with Crippen molar-refractivity contribution in [2.45, 2.75) is 70.3 Å². The Hall–Kier alpha value is -1.10. The normalized spacial score (nSPS) is 20.5. The van der Waals surface area contributed by atoms with Gasteiger partial charge >= 0.3 is 0 Å². The number of methoxy groups -OCH3 is 1. The molecular formula is C18H32N2O3. The Morgan fingerprint density at radius 2 is 1.74 bits per heavy atom. The average Bonchev–Trinajstić information content (AvgIpc) is 2.59. The van der Waals surface area contributed by atoms with Crippen LogP contribution in [0.1, 0.15) is 64.2 Å². The quantitative estimate of drug-likeness (QED) is 0.783. The number of likely N-dealkylation sites (tertiary alicyclic amines) is 1.